The third-order valence-electron chi connectivity index (χ3n) is 4.76. The molecule has 1 aromatic carbocycles. The van der Waals surface area contributed by atoms with Gasteiger partial charge in [-0.3, -0.25) is 9.59 Å². The molecule has 1 fully saturated rings. The molecule has 4 rings (SSSR count). The van der Waals surface area contributed by atoms with Crippen LogP contribution < -0.4 is 5.32 Å². The Morgan fingerprint density at radius 1 is 1.29 bits per heavy atom. The second kappa shape index (κ2) is 8.35. The molecule has 7 nitrogen and oxygen atoms in total. The van der Waals surface area contributed by atoms with Crippen LogP contribution in [0.1, 0.15) is 29.8 Å². The van der Waals surface area contributed by atoms with E-state index in [1.165, 1.54) is 17.5 Å². The average molecular weight is 398 g/mol. The van der Waals surface area contributed by atoms with Crippen molar-refractivity contribution >= 4 is 23.2 Å². The third-order valence-corrected chi connectivity index (χ3v) is 5.61. The normalized spacial score (nSPS) is 16.7. The van der Waals surface area contributed by atoms with E-state index in [0.29, 0.717) is 19.6 Å². The number of hydrogen-bond donors (Lipinski definition) is 1. The smallest absolute Gasteiger partial charge is 0.292 e. The number of aromatic nitrogens is 2. The number of piperidine rings is 1. The van der Waals surface area contributed by atoms with E-state index < -0.39 is 0 Å². The molecular formula is C20H22N4O3S. The molecule has 2 amide bonds. The third kappa shape index (κ3) is 4.12. The van der Waals surface area contributed by atoms with E-state index in [9.17, 15) is 9.59 Å². The SMILES string of the molecule is O=C(NCc1nc(-c2ccccc2)cs1)[C@H]1CCCN(C(=O)c2ccno2)C1.[HH]. The minimum Gasteiger partial charge on any atom is -0.351 e. The Labute approximate surface area is 167 Å². The second-order valence-corrected chi connectivity index (χ2v) is 7.62. The zero-order valence-electron chi connectivity index (χ0n) is 15.2. The van der Waals surface area contributed by atoms with Crippen LogP contribution >= 0.6 is 11.3 Å². The number of benzene rings is 1. The first kappa shape index (κ1) is 18.4. The summed E-state index contributed by atoms with van der Waals surface area (Å²) in [5, 5.41) is 9.39. The molecule has 8 heteroatoms. The Hall–Kier alpha value is -3.00. The van der Waals surface area contributed by atoms with Gasteiger partial charge in [0.2, 0.25) is 11.7 Å². The summed E-state index contributed by atoms with van der Waals surface area (Å²) in [6.45, 7) is 1.40. The molecule has 3 aromatic rings. The molecule has 0 spiro atoms. The average Bonchev–Trinajstić information content (AvgIpc) is 3.44. The highest BCUT2D eigenvalue weighted by atomic mass is 32.1. The first-order chi connectivity index (χ1) is 13.7. The maximum absolute atomic E-state index is 12.6. The molecule has 146 valence electrons. The largest absolute Gasteiger partial charge is 0.351 e. The van der Waals surface area contributed by atoms with Crippen LogP contribution in [0.5, 0.6) is 0 Å². The minimum absolute atomic E-state index is 0. The number of rotatable bonds is 5. The summed E-state index contributed by atoms with van der Waals surface area (Å²) in [4.78, 5) is 31.2. The zero-order chi connectivity index (χ0) is 19.3. The van der Waals surface area contributed by atoms with E-state index in [4.69, 9.17) is 4.52 Å². The molecule has 0 bridgehead atoms. The van der Waals surface area contributed by atoms with Crippen molar-refractivity contribution in [1.29, 1.82) is 0 Å². The van der Waals surface area contributed by atoms with Crippen molar-refractivity contribution in [2.45, 2.75) is 19.4 Å². The van der Waals surface area contributed by atoms with Crippen molar-refractivity contribution in [2.75, 3.05) is 13.1 Å². The summed E-state index contributed by atoms with van der Waals surface area (Å²) in [6.07, 6.45) is 2.99. The topological polar surface area (TPSA) is 88.3 Å². The van der Waals surface area contributed by atoms with Gasteiger partial charge in [-0.15, -0.1) is 11.3 Å². The van der Waals surface area contributed by atoms with E-state index in [1.807, 2.05) is 35.7 Å². The Morgan fingerprint density at radius 2 is 2.14 bits per heavy atom. The number of nitrogens with zero attached hydrogens (tertiary/aromatic N) is 3. The second-order valence-electron chi connectivity index (χ2n) is 6.68. The van der Waals surface area contributed by atoms with E-state index in [2.05, 4.69) is 15.5 Å². The van der Waals surface area contributed by atoms with Gasteiger partial charge >= 0.3 is 0 Å². The van der Waals surface area contributed by atoms with Gasteiger partial charge in [-0.05, 0) is 12.8 Å². The number of likely N-dealkylation sites (tertiary alicyclic amines) is 1. The van der Waals surface area contributed by atoms with Crippen molar-refractivity contribution in [3.8, 4) is 11.3 Å². The number of thiazole rings is 1. The van der Waals surface area contributed by atoms with Gasteiger partial charge in [0.15, 0.2) is 0 Å². The van der Waals surface area contributed by atoms with Crippen LogP contribution in [-0.2, 0) is 11.3 Å². The van der Waals surface area contributed by atoms with Crippen molar-refractivity contribution in [1.82, 2.24) is 20.4 Å². The van der Waals surface area contributed by atoms with E-state index in [-0.39, 0.29) is 24.9 Å². The molecule has 1 aliphatic rings. The van der Waals surface area contributed by atoms with Gasteiger partial charge in [0.1, 0.15) is 5.01 Å². The molecule has 1 saturated heterocycles. The fourth-order valence-corrected chi connectivity index (χ4v) is 4.04. The van der Waals surface area contributed by atoms with Crippen molar-refractivity contribution in [2.24, 2.45) is 5.92 Å². The van der Waals surface area contributed by atoms with Crippen LogP contribution in [0.3, 0.4) is 0 Å². The van der Waals surface area contributed by atoms with Gasteiger partial charge in [0.25, 0.3) is 5.91 Å². The fraction of sp³-hybridized carbons (Fsp3) is 0.300. The van der Waals surface area contributed by atoms with Gasteiger partial charge in [0.05, 0.1) is 24.4 Å². The lowest BCUT2D eigenvalue weighted by Gasteiger charge is -2.31. The highest BCUT2D eigenvalue weighted by Crippen LogP contribution is 2.22. The first-order valence-corrected chi connectivity index (χ1v) is 10.1. The lowest BCUT2D eigenvalue weighted by Crippen LogP contribution is -2.45. The Balaban J connectivity index is 0.00000240. The predicted octanol–water partition coefficient (Wildman–Crippen LogP) is 3.21. The summed E-state index contributed by atoms with van der Waals surface area (Å²) in [5.74, 6) is -0.291. The quantitative estimate of drug-likeness (QED) is 0.713. The van der Waals surface area contributed by atoms with Crippen LogP contribution in [-0.4, -0.2) is 39.9 Å². The van der Waals surface area contributed by atoms with Crippen molar-refractivity contribution < 1.29 is 15.5 Å². The van der Waals surface area contributed by atoms with Crippen LogP contribution in [0.25, 0.3) is 11.3 Å². The molecule has 0 radical (unpaired) electrons. The Kier molecular flexibility index (Phi) is 5.48. The molecule has 3 heterocycles. The minimum atomic E-state index is -0.228. The van der Waals surface area contributed by atoms with Crippen LogP contribution in [0.15, 0.2) is 52.5 Å². The van der Waals surface area contributed by atoms with Crippen LogP contribution in [0.4, 0.5) is 0 Å². The Morgan fingerprint density at radius 3 is 2.93 bits per heavy atom. The lowest BCUT2D eigenvalue weighted by molar-refractivity contribution is -0.126. The molecule has 1 atom stereocenters. The van der Waals surface area contributed by atoms with Gasteiger partial charge in [-0.1, -0.05) is 35.5 Å². The number of carbonyl (C=O) groups excluding carboxylic acids is 2. The monoisotopic (exact) mass is 398 g/mol. The molecule has 0 saturated carbocycles. The maximum atomic E-state index is 12.6. The number of carbonyl (C=O) groups is 2. The standard InChI is InChI=1S/C20H20N4O3S.H2/c25-19(15-7-4-10-24(12-15)20(26)17-8-9-22-27-17)21-11-18-23-16(13-28-18)14-5-2-1-3-6-14;/h1-3,5-6,8-9,13,15H,4,7,10-12H2,(H,21,25);1H/t15-;/m0./s1. The van der Waals surface area contributed by atoms with E-state index in [1.54, 1.807) is 11.0 Å². The molecule has 1 N–H and O–H groups in total. The number of amides is 2. The Bertz CT molecular complexity index is 946. The summed E-state index contributed by atoms with van der Waals surface area (Å²) >= 11 is 1.53. The van der Waals surface area contributed by atoms with E-state index >= 15 is 0 Å². The predicted molar refractivity (Wildman–Crippen MR) is 107 cm³/mol. The van der Waals surface area contributed by atoms with Gasteiger partial charge in [0, 0.05) is 31.5 Å². The summed E-state index contributed by atoms with van der Waals surface area (Å²) in [6, 6.07) is 11.5. The van der Waals surface area contributed by atoms with Crippen molar-refractivity contribution in [3.63, 3.8) is 0 Å². The lowest BCUT2D eigenvalue weighted by atomic mass is 9.97. The number of hydrogen-bond acceptors (Lipinski definition) is 6. The fourth-order valence-electron chi connectivity index (χ4n) is 3.30. The summed E-state index contributed by atoms with van der Waals surface area (Å²) in [7, 11) is 0. The zero-order valence-corrected chi connectivity index (χ0v) is 16.0. The molecule has 2 aromatic heterocycles. The summed E-state index contributed by atoms with van der Waals surface area (Å²) < 4.78 is 4.94. The highest BCUT2D eigenvalue weighted by Gasteiger charge is 2.30. The molecule has 0 aliphatic carbocycles. The first-order valence-electron chi connectivity index (χ1n) is 9.18. The van der Waals surface area contributed by atoms with Gasteiger partial charge in [-0.25, -0.2) is 4.98 Å². The molecule has 1 aliphatic heterocycles. The van der Waals surface area contributed by atoms with Crippen LogP contribution in [0, 0.1) is 5.92 Å². The molecule has 28 heavy (non-hydrogen) atoms. The van der Waals surface area contributed by atoms with Gasteiger partial charge in [-0.2, -0.15) is 0 Å². The molecule has 0 unspecified atom stereocenters. The van der Waals surface area contributed by atoms with Crippen LogP contribution in [0.2, 0.25) is 0 Å². The van der Waals surface area contributed by atoms with Gasteiger partial charge < -0.3 is 14.7 Å². The maximum Gasteiger partial charge on any atom is 0.292 e. The summed E-state index contributed by atoms with van der Waals surface area (Å²) in [5.41, 5.74) is 1.97. The van der Waals surface area contributed by atoms with Crippen molar-refractivity contribution in [3.05, 3.63) is 58.7 Å². The number of nitrogens with one attached hydrogen (secondary N) is 1. The highest BCUT2D eigenvalue weighted by molar-refractivity contribution is 7.09. The molecular weight excluding hydrogens is 376 g/mol. The van der Waals surface area contributed by atoms with E-state index in [0.717, 1.165) is 29.1 Å².